The molecule has 2 fully saturated rings. The standard InChI is InChI=1S/C18H25N3O2/c1-3-6-15-18(23)21-10-9-20(12-16(21)17(22)19-15)11-14-8-5-4-7-13(14)2/h4-5,7-8,15-16H,3,6,9-12H2,1-2H3,(H,19,22)/t15-,16+/m0/s1. The Kier molecular flexibility index (Phi) is 4.66. The van der Waals surface area contributed by atoms with Crippen molar-refractivity contribution >= 4 is 11.8 Å². The van der Waals surface area contributed by atoms with Crippen LogP contribution in [0, 0.1) is 6.92 Å². The molecule has 1 aromatic carbocycles. The van der Waals surface area contributed by atoms with Crippen molar-refractivity contribution in [2.75, 3.05) is 19.6 Å². The summed E-state index contributed by atoms with van der Waals surface area (Å²) >= 11 is 0. The number of fused-ring (bicyclic) bond motifs is 1. The number of benzene rings is 1. The maximum absolute atomic E-state index is 12.5. The molecule has 0 bridgehead atoms. The molecule has 1 aromatic rings. The number of carbonyl (C=O) groups is 2. The Morgan fingerprint density at radius 2 is 2.00 bits per heavy atom. The number of amides is 2. The first-order valence-electron chi connectivity index (χ1n) is 8.48. The van der Waals surface area contributed by atoms with Crippen LogP contribution in [0.5, 0.6) is 0 Å². The zero-order valence-corrected chi connectivity index (χ0v) is 13.9. The molecule has 1 N–H and O–H groups in total. The predicted molar refractivity (Wildman–Crippen MR) is 88.8 cm³/mol. The molecule has 0 aliphatic carbocycles. The van der Waals surface area contributed by atoms with Gasteiger partial charge >= 0.3 is 0 Å². The molecule has 2 aliphatic heterocycles. The van der Waals surface area contributed by atoms with Crippen LogP contribution in [0.25, 0.3) is 0 Å². The van der Waals surface area contributed by atoms with E-state index in [1.165, 1.54) is 11.1 Å². The lowest BCUT2D eigenvalue weighted by Crippen LogP contribution is -2.69. The highest BCUT2D eigenvalue weighted by molar-refractivity contribution is 5.97. The molecule has 2 atom stereocenters. The first-order valence-corrected chi connectivity index (χ1v) is 8.48. The Hall–Kier alpha value is -1.88. The van der Waals surface area contributed by atoms with Crippen molar-refractivity contribution in [1.82, 2.24) is 15.1 Å². The summed E-state index contributed by atoms with van der Waals surface area (Å²) in [6.07, 6.45) is 1.62. The second-order valence-electron chi connectivity index (χ2n) is 6.56. The van der Waals surface area contributed by atoms with Crippen molar-refractivity contribution in [1.29, 1.82) is 0 Å². The number of rotatable bonds is 4. The maximum atomic E-state index is 12.5. The van der Waals surface area contributed by atoms with Crippen molar-refractivity contribution in [3.05, 3.63) is 35.4 Å². The normalized spacial score (nSPS) is 25.2. The minimum atomic E-state index is -0.339. The van der Waals surface area contributed by atoms with Gasteiger partial charge in [-0.15, -0.1) is 0 Å². The summed E-state index contributed by atoms with van der Waals surface area (Å²) in [5, 5.41) is 2.91. The first-order chi connectivity index (χ1) is 11.1. The van der Waals surface area contributed by atoms with Gasteiger partial charge in [0.05, 0.1) is 0 Å². The third kappa shape index (κ3) is 3.24. The van der Waals surface area contributed by atoms with Gasteiger partial charge in [0.1, 0.15) is 12.1 Å². The Labute approximate surface area is 137 Å². The number of piperazine rings is 2. The van der Waals surface area contributed by atoms with E-state index in [-0.39, 0.29) is 23.9 Å². The summed E-state index contributed by atoms with van der Waals surface area (Å²) < 4.78 is 0. The number of nitrogens with one attached hydrogen (secondary N) is 1. The molecule has 23 heavy (non-hydrogen) atoms. The van der Waals surface area contributed by atoms with E-state index in [1.807, 2.05) is 19.1 Å². The summed E-state index contributed by atoms with van der Waals surface area (Å²) in [5.74, 6) is 0.0875. The number of hydrogen-bond donors (Lipinski definition) is 1. The molecule has 0 unspecified atom stereocenters. The van der Waals surface area contributed by atoms with E-state index in [0.29, 0.717) is 13.1 Å². The van der Waals surface area contributed by atoms with Gasteiger partial charge in [0, 0.05) is 26.2 Å². The van der Waals surface area contributed by atoms with Gasteiger partial charge in [-0.05, 0) is 24.5 Å². The SMILES string of the molecule is CCC[C@@H]1NC(=O)[C@H]2CN(Cc3ccccc3C)CCN2C1=O. The van der Waals surface area contributed by atoms with Crippen molar-refractivity contribution in [3.63, 3.8) is 0 Å². The van der Waals surface area contributed by atoms with Crippen LogP contribution < -0.4 is 5.32 Å². The Balaban J connectivity index is 1.68. The molecule has 3 rings (SSSR count). The van der Waals surface area contributed by atoms with Crippen LogP contribution >= 0.6 is 0 Å². The lowest BCUT2D eigenvalue weighted by atomic mass is 10.0. The molecule has 2 aliphatic rings. The van der Waals surface area contributed by atoms with Gasteiger partial charge in [0.2, 0.25) is 11.8 Å². The summed E-state index contributed by atoms with van der Waals surface area (Å²) in [7, 11) is 0. The zero-order chi connectivity index (χ0) is 16.4. The number of carbonyl (C=O) groups excluding carboxylic acids is 2. The minimum absolute atomic E-state index is 0.00228. The summed E-state index contributed by atoms with van der Waals surface area (Å²) in [5.41, 5.74) is 2.55. The molecule has 0 radical (unpaired) electrons. The van der Waals surface area contributed by atoms with Gasteiger partial charge < -0.3 is 10.2 Å². The van der Waals surface area contributed by atoms with Crippen LogP contribution in [0.2, 0.25) is 0 Å². The van der Waals surface area contributed by atoms with E-state index in [1.54, 1.807) is 4.90 Å². The molecule has 124 valence electrons. The summed E-state index contributed by atoms with van der Waals surface area (Å²) in [6.45, 7) is 7.05. The van der Waals surface area contributed by atoms with Gasteiger partial charge in [0.15, 0.2) is 0 Å². The lowest BCUT2D eigenvalue weighted by Gasteiger charge is -2.45. The minimum Gasteiger partial charge on any atom is -0.342 e. The maximum Gasteiger partial charge on any atom is 0.245 e. The van der Waals surface area contributed by atoms with Crippen LogP contribution in [-0.4, -0.2) is 53.3 Å². The van der Waals surface area contributed by atoms with Crippen LogP contribution in [0.15, 0.2) is 24.3 Å². The average molecular weight is 315 g/mol. The highest BCUT2D eigenvalue weighted by Gasteiger charge is 2.42. The fraction of sp³-hybridized carbons (Fsp3) is 0.556. The third-order valence-corrected chi connectivity index (χ3v) is 4.90. The molecule has 2 saturated heterocycles. The van der Waals surface area contributed by atoms with Gasteiger partial charge in [-0.3, -0.25) is 14.5 Å². The molecule has 0 spiro atoms. The average Bonchev–Trinajstić information content (AvgIpc) is 2.55. The topological polar surface area (TPSA) is 52.7 Å². The van der Waals surface area contributed by atoms with Crippen LogP contribution in [0.3, 0.4) is 0 Å². The van der Waals surface area contributed by atoms with E-state index in [0.717, 1.165) is 25.9 Å². The highest BCUT2D eigenvalue weighted by atomic mass is 16.2. The Morgan fingerprint density at radius 1 is 1.22 bits per heavy atom. The molecule has 5 nitrogen and oxygen atoms in total. The van der Waals surface area contributed by atoms with Crippen molar-refractivity contribution < 1.29 is 9.59 Å². The number of aryl methyl sites for hydroxylation is 1. The summed E-state index contributed by atoms with van der Waals surface area (Å²) in [4.78, 5) is 29.0. The quantitative estimate of drug-likeness (QED) is 0.911. The van der Waals surface area contributed by atoms with Crippen molar-refractivity contribution in [2.45, 2.75) is 45.3 Å². The van der Waals surface area contributed by atoms with E-state index in [2.05, 4.69) is 29.3 Å². The van der Waals surface area contributed by atoms with Gasteiger partial charge in [-0.2, -0.15) is 0 Å². The van der Waals surface area contributed by atoms with Crippen molar-refractivity contribution in [2.24, 2.45) is 0 Å². The van der Waals surface area contributed by atoms with Crippen LogP contribution in [0.4, 0.5) is 0 Å². The fourth-order valence-electron chi connectivity index (χ4n) is 3.51. The summed E-state index contributed by atoms with van der Waals surface area (Å²) in [6, 6.07) is 7.66. The van der Waals surface area contributed by atoms with Gasteiger partial charge in [0.25, 0.3) is 0 Å². The van der Waals surface area contributed by atoms with Crippen LogP contribution in [-0.2, 0) is 16.1 Å². The zero-order valence-electron chi connectivity index (χ0n) is 13.9. The lowest BCUT2D eigenvalue weighted by molar-refractivity contribution is -0.153. The molecule has 0 saturated carbocycles. The highest BCUT2D eigenvalue weighted by Crippen LogP contribution is 2.20. The monoisotopic (exact) mass is 315 g/mol. The van der Waals surface area contributed by atoms with E-state index < -0.39 is 0 Å². The van der Waals surface area contributed by atoms with Crippen LogP contribution in [0.1, 0.15) is 30.9 Å². The molecular formula is C18H25N3O2. The smallest absolute Gasteiger partial charge is 0.245 e. The van der Waals surface area contributed by atoms with Gasteiger partial charge in [-0.1, -0.05) is 37.6 Å². The fourth-order valence-corrected chi connectivity index (χ4v) is 3.51. The molecule has 5 heteroatoms. The molecular weight excluding hydrogens is 290 g/mol. The molecule has 2 amide bonds. The van der Waals surface area contributed by atoms with Gasteiger partial charge in [-0.25, -0.2) is 0 Å². The second-order valence-corrected chi connectivity index (χ2v) is 6.56. The third-order valence-electron chi connectivity index (χ3n) is 4.90. The number of nitrogens with zero attached hydrogens (tertiary/aromatic N) is 2. The Morgan fingerprint density at radius 3 is 2.74 bits per heavy atom. The molecule has 0 aromatic heterocycles. The van der Waals surface area contributed by atoms with E-state index in [9.17, 15) is 9.59 Å². The number of hydrogen-bond acceptors (Lipinski definition) is 3. The largest absolute Gasteiger partial charge is 0.342 e. The van der Waals surface area contributed by atoms with E-state index >= 15 is 0 Å². The Bertz CT molecular complexity index is 602. The van der Waals surface area contributed by atoms with Crippen molar-refractivity contribution in [3.8, 4) is 0 Å². The molecule has 2 heterocycles. The predicted octanol–water partition coefficient (Wildman–Crippen LogP) is 1.31. The van der Waals surface area contributed by atoms with E-state index in [4.69, 9.17) is 0 Å². The second kappa shape index (κ2) is 6.71. The first kappa shape index (κ1) is 16.0.